The average Bonchev–Trinajstić information content (AvgIpc) is 3.30. The van der Waals surface area contributed by atoms with Crippen LogP contribution in [0.4, 0.5) is 5.69 Å². The van der Waals surface area contributed by atoms with E-state index in [-0.39, 0.29) is 22.4 Å². The van der Waals surface area contributed by atoms with Gasteiger partial charge in [0.1, 0.15) is 16.6 Å². The molecular weight excluding hydrogens is 473 g/mol. The van der Waals surface area contributed by atoms with Gasteiger partial charge in [-0.3, -0.25) is 0 Å². The number of carbonyl (C=O) groups is 2. The van der Waals surface area contributed by atoms with Crippen LogP contribution in [0.5, 0.6) is 0 Å². The second kappa shape index (κ2) is 10.3. The third-order valence-electron chi connectivity index (χ3n) is 4.29. The van der Waals surface area contributed by atoms with Crippen LogP contribution in [-0.4, -0.2) is 31.1 Å². The van der Waals surface area contributed by atoms with E-state index in [2.05, 4.69) is 16.4 Å². The minimum absolute atomic E-state index is 0.185. The molecule has 0 aliphatic carbocycles. The first-order chi connectivity index (χ1) is 15.4. The number of esters is 2. The quantitative estimate of drug-likeness (QED) is 0.353. The van der Waals surface area contributed by atoms with E-state index in [9.17, 15) is 14.9 Å². The highest BCUT2D eigenvalue weighted by Gasteiger charge is 2.16. The Morgan fingerprint density at radius 1 is 1.09 bits per heavy atom. The van der Waals surface area contributed by atoms with Gasteiger partial charge in [-0.1, -0.05) is 29.3 Å². The minimum Gasteiger partial charge on any atom is -0.465 e. The fourth-order valence-electron chi connectivity index (χ4n) is 2.67. The Bertz CT molecular complexity index is 1260. The Morgan fingerprint density at radius 2 is 1.84 bits per heavy atom. The minimum atomic E-state index is -0.605. The summed E-state index contributed by atoms with van der Waals surface area (Å²) in [6.45, 7) is 0. The highest BCUT2D eigenvalue weighted by Crippen LogP contribution is 2.31. The number of nitrogens with zero attached hydrogens (tertiary/aromatic N) is 2. The van der Waals surface area contributed by atoms with Crippen LogP contribution >= 0.6 is 34.5 Å². The number of benzene rings is 2. The summed E-state index contributed by atoms with van der Waals surface area (Å²) in [5.41, 5.74) is 2.29. The fraction of sp³-hybridized carbons (Fsp3) is 0.0909. The third-order valence-corrected chi connectivity index (χ3v) is 5.90. The first kappa shape index (κ1) is 23.3. The highest BCUT2D eigenvalue weighted by molar-refractivity contribution is 7.11. The van der Waals surface area contributed by atoms with Crippen molar-refractivity contribution in [3.05, 3.63) is 74.2 Å². The predicted octanol–water partition coefficient (Wildman–Crippen LogP) is 5.67. The molecular formula is C22H15Cl2N3O4S. The Hall–Kier alpha value is -3.38. The van der Waals surface area contributed by atoms with Crippen LogP contribution in [0.3, 0.4) is 0 Å². The molecule has 162 valence electrons. The van der Waals surface area contributed by atoms with E-state index in [1.165, 1.54) is 50.0 Å². The zero-order chi connectivity index (χ0) is 23.3. The summed E-state index contributed by atoms with van der Waals surface area (Å²) in [7, 11) is 2.50. The summed E-state index contributed by atoms with van der Waals surface area (Å²) >= 11 is 13.3. The van der Waals surface area contributed by atoms with Crippen molar-refractivity contribution in [2.75, 3.05) is 19.5 Å². The summed E-state index contributed by atoms with van der Waals surface area (Å²) in [4.78, 5) is 28.4. The number of ether oxygens (including phenoxy) is 2. The number of methoxy groups -OCH3 is 2. The average molecular weight is 488 g/mol. The molecule has 0 unspecified atom stereocenters. The SMILES string of the molecule is COC(=O)c1ccc(C(=O)OC)c(N/C=C(\C#N)c2nc(-c3ccc(Cl)c(Cl)c3)cs2)c1. The standard InChI is InChI=1S/C22H15Cl2N3O4S/c1-30-21(28)13-3-5-15(22(29)31-2)18(8-13)26-10-14(9-25)20-27-19(11-32-20)12-4-6-16(23)17(24)7-12/h3-8,10-11,26H,1-2H3/b14-10+. The number of nitriles is 1. The van der Waals surface area contributed by atoms with Gasteiger partial charge in [0.15, 0.2) is 0 Å². The second-order valence-electron chi connectivity index (χ2n) is 6.22. The van der Waals surface area contributed by atoms with Gasteiger partial charge in [-0.15, -0.1) is 11.3 Å². The number of rotatable bonds is 6. The van der Waals surface area contributed by atoms with Gasteiger partial charge in [0, 0.05) is 17.1 Å². The Balaban J connectivity index is 1.93. The molecule has 0 saturated carbocycles. The molecule has 0 atom stereocenters. The topological polar surface area (TPSA) is 101 Å². The monoisotopic (exact) mass is 487 g/mol. The molecule has 0 radical (unpaired) electrons. The number of carbonyl (C=O) groups excluding carboxylic acids is 2. The van der Waals surface area contributed by atoms with Crippen molar-refractivity contribution in [1.29, 1.82) is 5.26 Å². The lowest BCUT2D eigenvalue weighted by Gasteiger charge is -2.10. The van der Waals surface area contributed by atoms with E-state index in [1.54, 1.807) is 23.6 Å². The maximum atomic E-state index is 12.1. The number of hydrogen-bond acceptors (Lipinski definition) is 8. The van der Waals surface area contributed by atoms with Gasteiger partial charge in [0.05, 0.1) is 46.8 Å². The lowest BCUT2D eigenvalue weighted by atomic mass is 10.1. The van der Waals surface area contributed by atoms with Crippen LogP contribution in [0, 0.1) is 11.3 Å². The molecule has 0 aliphatic heterocycles. The number of allylic oxidation sites excluding steroid dienone is 1. The highest BCUT2D eigenvalue weighted by atomic mass is 35.5. The van der Waals surface area contributed by atoms with Gasteiger partial charge in [0.2, 0.25) is 0 Å². The van der Waals surface area contributed by atoms with Crippen LogP contribution < -0.4 is 5.32 Å². The summed E-state index contributed by atoms with van der Waals surface area (Å²) in [5.74, 6) is -1.17. The third kappa shape index (κ3) is 5.08. The number of aromatic nitrogens is 1. The second-order valence-corrected chi connectivity index (χ2v) is 7.90. The van der Waals surface area contributed by atoms with Crippen molar-refractivity contribution in [3.63, 3.8) is 0 Å². The first-order valence-corrected chi connectivity index (χ1v) is 10.6. The van der Waals surface area contributed by atoms with Gasteiger partial charge in [0.25, 0.3) is 0 Å². The normalized spacial score (nSPS) is 10.9. The van der Waals surface area contributed by atoms with Crippen LogP contribution in [-0.2, 0) is 9.47 Å². The fourth-order valence-corrected chi connectivity index (χ4v) is 3.77. The van der Waals surface area contributed by atoms with Crippen LogP contribution in [0.25, 0.3) is 16.8 Å². The molecule has 7 nitrogen and oxygen atoms in total. The zero-order valence-corrected chi connectivity index (χ0v) is 19.1. The maximum absolute atomic E-state index is 12.1. The molecule has 0 bridgehead atoms. The Labute approximate surface area is 197 Å². The molecule has 0 spiro atoms. The summed E-state index contributed by atoms with van der Waals surface area (Å²) < 4.78 is 9.50. The predicted molar refractivity (Wildman–Crippen MR) is 124 cm³/mol. The van der Waals surface area contributed by atoms with Crippen molar-refractivity contribution in [2.24, 2.45) is 0 Å². The van der Waals surface area contributed by atoms with Crippen LogP contribution in [0.1, 0.15) is 25.7 Å². The number of hydrogen-bond donors (Lipinski definition) is 1. The summed E-state index contributed by atoms with van der Waals surface area (Å²) in [6.07, 6.45) is 1.40. The molecule has 32 heavy (non-hydrogen) atoms. The van der Waals surface area contributed by atoms with Crippen LogP contribution in [0.2, 0.25) is 10.0 Å². The van der Waals surface area contributed by atoms with Crippen molar-refractivity contribution in [3.8, 4) is 17.3 Å². The molecule has 0 saturated heterocycles. The smallest absolute Gasteiger partial charge is 0.339 e. The van der Waals surface area contributed by atoms with Crippen LogP contribution in [0.15, 0.2) is 48.0 Å². The molecule has 0 aliphatic rings. The van der Waals surface area contributed by atoms with Crippen molar-refractivity contribution in [2.45, 2.75) is 0 Å². The first-order valence-electron chi connectivity index (χ1n) is 8.96. The van der Waals surface area contributed by atoms with Gasteiger partial charge in [-0.25, -0.2) is 14.6 Å². The van der Waals surface area contributed by atoms with Gasteiger partial charge >= 0.3 is 11.9 Å². The maximum Gasteiger partial charge on any atom is 0.339 e. The van der Waals surface area contributed by atoms with Crippen molar-refractivity contribution in [1.82, 2.24) is 4.98 Å². The lowest BCUT2D eigenvalue weighted by Crippen LogP contribution is -2.08. The summed E-state index contributed by atoms with van der Waals surface area (Å²) in [6, 6.07) is 11.5. The molecule has 10 heteroatoms. The largest absolute Gasteiger partial charge is 0.465 e. The van der Waals surface area contributed by atoms with E-state index >= 15 is 0 Å². The van der Waals surface area contributed by atoms with E-state index in [0.717, 1.165) is 5.56 Å². The molecule has 0 amide bonds. The molecule has 3 aromatic rings. The Morgan fingerprint density at radius 3 is 2.50 bits per heavy atom. The van der Waals surface area contributed by atoms with Crippen molar-refractivity contribution < 1.29 is 19.1 Å². The Kier molecular flexibility index (Phi) is 7.49. The van der Waals surface area contributed by atoms with E-state index in [0.29, 0.717) is 20.7 Å². The molecule has 3 rings (SSSR count). The molecule has 2 aromatic carbocycles. The van der Waals surface area contributed by atoms with Gasteiger partial charge in [-0.05, 0) is 30.3 Å². The molecule has 0 fully saturated rings. The number of nitrogens with one attached hydrogen (secondary N) is 1. The van der Waals surface area contributed by atoms with Gasteiger partial charge in [-0.2, -0.15) is 5.26 Å². The molecule has 1 N–H and O–H groups in total. The lowest BCUT2D eigenvalue weighted by molar-refractivity contribution is 0.0587. The number of halogens is 2. The van der Waals surface area contributed by atoms with Gasteiger partial charge < -0.3 is 14.8 Å². The number of thiazole rings is 1. The van der Waals surface area contributed by atoms with Crippen molar-refractivity contribution >= 4 is 57.7 Å². The molecule has 1 aromatic heterocycles. The van der Waals surface area contributed by atoms with E-state index in [1.807, 2.05) is 0 Å². The van der Waals surface area contributed by atoms with E-state index in [4.69, 9.17) is 32.7 Å². The van der Waals surface area contributed by atoms with E-state index < -0.39 is 11.9 Å². The summed E-state index contributed by atoms with van der Waals surface area (Å²) in [5, 5.41) is 15.6. The number of anilines is 1. The molecule has 1 heterocycles. The zero-order valence-electron chi connectivity index (χ0n) is 16.8.